The zero-order chi connectivity index (χ0) is 20.5. The molecule has 7 nitrogen and oxygen atoms in total. The number of ether oxygens (including phenoxy) is 3. The highest BCUT2D eigenvalue weighted by atomic mass is 16.5. The topological polar surface area (TPSA) is 99.1 Å². The van der Waals surface area contributed by atoms with Gasteiger partial charge in [-0.1, -0.05) is 0 Å². The van der Waals surface area contributed by atoms with E-state index in [4.69, 9.17) is 14.2 Å². The van der Waals surface area contributed by atoms with Gasteiger partial charge in [0.15, 0.2) is 0 Å². The predicted molar refractivity (Wildman–Crippen MR) is 97.6 cm³/mol. The molecule has 0 aliphatic heterocycles. The molecule has 27 heavy (non-hydrogen) atoms. The van der Waals surface area contributed by atoms with E-state index in [0.717, 1.165) is 0 Å². The molecular formula is C20H22O7. The van der Waals surface area contributed by atoms with Gasteiger partial charge in [-0.2, -0.15) is 0 Å². The van der Waals surface area contributed by atoms with Crippen LogP contribution in [-0.4, -0.2) is 43.0 Å². The van der Waals surface area contributed by atoms with Crippen LogP contribution in [0.1, 0.15) is 42.3 Å². The summed E-state index contributed by atoms with van der Waals surface area (Å²) in [5, 5.41) is 9.59. The molecule has 0 fully saturated rings. The second-order valence-electron chi connectivity index (χ2n) is 6.37. The quantitative estimate of drug-likeness (QED) is 0.764. The number of ketones is 2. The lowest BCUT2D eigenvalue weighted by molar-refractivity contribution is -0.119. The number of carbonyl (C=O) groups excluding carboxylic acids is 2. The Kier molecular flexibility index (Phi) is 5.73. The van der Waals surface area contributed by atoms with Crippen LogP contribution in [0.2, 0.25) is 0 Å². The molecule has 1 N–H and O–H groups in total. The van der Waals surface area contributed by atoms with E-state index in [9.17, 15) is 19.5 Å². The molecular weight excluding hydrogens is 352 g/mol. The molecule has 0 saturated carbocycles. The smallest absolute Gasteiger partial charge is 0.339 e. The minimum absolute atomic E-state index is 0.0827. The van der Waals surface area contributed by atoms with Gasteiger partial charge in [0.2, 0.25) is 23.1 Å². The summed E-state index contributed by atoms with van der Waals surface area (Å²) in [6.45, 7) is 6.76. The van der Waals surface area contributed by atoms with Gasteiger partial charge in [-0.05, 0) is 51.0 Å². The van der Waals surface area contributed by atoms with Crippen LogP contribution in [0.3, 0.4) is 0 Å². The first-order chi connectivity index (χ1) is 12.6. The molecule has 1 aromatic carbocycles. The highest BCUT2D eigenvalue weighted by molar-refractivity contribution is 6.38. The molecule has 0 amide bonds. The van der Waals surface area contributed by atoms with Crippen molar-refractivity contribution in [3.05, 3.63) is 45.9 Å². The van der Waals surface area contributed by atoms with Gasteiger partial charge in [0.05, 0.1) is 20.3 Å². The van der Waals surface area contributed by atoms with Gasteiger partial charge >= 0.3 is 5.97 Å². The Morgan fingerprint density at radius 3 is 2.04 bits per heavy atom. The van der Waals surface area contributed by atoms with E-state index in [2.05, 4.69) is 0 Å². The van der Waals surface area contributed by atoms with Crippen molar-refractivity contribution in [2.75, 3.05) is 14.2 Å². The fraction of sp³-hybridized carbons (Fsp3) is 0.350. The molecule has 0 heterocycles. The molecule has 0 bridgehead atoms. The van der Waals surface area contributed by atoms with Gasteiger partial charge in [0.1, 0.15) is 11.3 Å². The maximum Gasteiger partial charge on any atom is 0.339 e. The normalized spacial score (nSPS) is 14.8. The first-order valence-corrected chi connectivity index (χ1v) is 8.31. The number of carbonyl (C=O) groups is 3. The van der Waals surface area contributed by atoms with Gasteiger partial charge < -0.3 is 19.3 Å². The Morgan fingerprint density at radius 2 is 1.56 bits per heavy atom. The van der Waals surface area contributed by atoms with Crippen LogP contribution < -0.4 is 4.74 Å². The summed E-state index contributed by atoms with van der Waals surface area (Å²) in [5.74, 6) is -2.36. The van der Waals surface area contributed by atoms with Crippen molar-refractivity contribution in [1.29, 1.82) is 0 Å². The predicted octanol–water partition coefficient (Wildman–Crippen LogP) is 2.91. The third-order valence-corrected chi connectivity index (χ3v) is 4.12. The molecule has 0 unspecified atom stereocenters. The molecule has 1 aromatic rings. The number of rotatable bonds is 6. The van der Waals surface area contributed by atoms with E-state index in [0.29, 0.717) is 11.1 Å². The summed E-state index contributed by atoms with van der Waals surface area (Å²) < 4.78 is 15.7. The zero-order valence-electron chi connectivity index (χ0n) is 16.1. The van der Waals surface area contributed by atoms with Crippen LogP contribution in [0.4, 0.5) is 0 Å². The van der Waals surface area contributed by atoms with Crippen molar-refractivity contribution in [3.63, 3.8) is 0 Å². The number of hydrogen-bond donors (Lipinski definition) is 1. The van der Waals surface area contributed by atoms with Gasteiger partial charge in [-0.25, -0.2) is 4.79 Å². The number of hydrogen-bond acceptors (Lipinski definition) is 6. The number of allylic oxidation sites excluding steroid dienone is 2. The number of aryl methyl sites for hydroxylation is 1. The van der Waals surface area contributed by atoms with E-state index in [1.807, 2.05) is 0 Å². The molecule has 2 rings (SSSR count). The van der Waals surface area contributed by atoms with Crippen molar-refractivity contribution in [1.82, 2.24) is 0 Å². The molecule has 0 radical (unpaired) electrons. The van der Waals surface area contributed by atoms with Crippen molar-refractivity contribution in [2.24, 2.45) is 0 Å². The van der Waals surface area contributed by atoms with E-state index < -0.39 is 17.5 Å². The lowest BCUT2D eigenvalue weighted by Crippen LogP contribution is -2.24. The minimum Gasteiger partial charge on any atom is -0.490 e. The van der Waals surface area contributed by atoms with Gasteiger partial charge in [-0.3, -0.25) is 9.59 Å². The van der Waals surface area contributed by atoms with E-state index in [1.165, 1.54) is 27.2 Å². The fourth-order valence-corrected chi connectivity index (χ4v) is 2.96. The van der Waals surface area contributed by atoms with E-state index in [-0.39, 0.29) is 40.1 Å². The van der Waals surface area contributed by atoms with Crippen molar-refractivity contribution < 1.29 is 33.7 Å². The second-order valence-corrected chi connectivity index (χ2v) is 6.37. The summed E-state index contributed by atoms with van der Waals surface area (Å²) in [5.41, 5.74) is 1.01. The molecule has 7 heteroatoms. The van der Waals surface area contributed by atoms with Crippen LogP contribution >= 0.6 is 0 Å². The first kappa shape index (κ1) is 20.2. The average molecular weight is 374 g/mol. The van der Waals surface area contributed by atoms with Crippen molar-refractivity contribution in [3.8, 4) is 5.75 Å². The molecule has 1 aliphatic rings. The third-order valence-electron chi connectivity index (χ3n) is 4.12. The first-order valence-electron chi connectivity index (χ1n) is 8.31. The van der Waals surface area contributed by atoms with Gasteiger partial charge in [0, 0.05) is 11.1 Å². The van der Waals surface area contributed by atoms with E-state index in [1.54, 1.807) is 26.8 Å². The number of benzene rings is 1. The molecule has 0 spiro atoms. The number of Topliss-reactive ketones (excluding diaryl/α,β-unsaturated/α-hetero) is 2. The Balaban J connectivity index is 2.71. The maximum atomic E-state index is 12.9. The maximum absolute atomic E-state index is 12.9. The number of aromatic carboxylic acids is 1. The molecule has 0 saturated heterocycles. The Hall–Kier alpha value is -3.09. The number of carboxylic acid groups (broad SMARTS) is 1. The Bertz CT molecular complexity index is 888. The highest BCUT2D eigenvalue weighted by Crippen LogP contribution is 2.35. The second kappa shape index (κ2) is 7.65. The fourth-order valence-electron chi connectivity index (χ4n) is 2.96. The minimum atomic E-state index is -1.19. The number of carboxylic acids is 1. The summed E-state index contributed by atoms with van der Waals surface area (Å²) in [7, 11) is 2.55. The monoisotopic (exact) mass is 374 g/mol. The van der Waals surface area contributed by atoms with Crippen LogP contribution in [0.25, 0.3) is 5.57 Å². The van der Waals surface area contributed by atoms with Crippen LogP contribution in [0, 0.1) is 6.92 Å². The summed E-state index contributed by atoms with van der Waals surface area (Å²) >= 11 is 0. The lowest BCUT2D eigenvalue weighted by Gasteiger charge is -2.22. The van der Waals surface area contributed by atoms with Crippen LogP contribution in [0.5, 0.6) is 5.75 Å². The van der Waals surface area contributed by atoms with Crippen LogP contribution in [-0.2, 0) is 19.1 Å². The molecule has 0 aromatic heterocycles. The summed E-state index contributed by atoms with van der Waals surface area (Å²) in [6, 6.07) is 2.96. The van der Waals surface area contributed by atoms with Crippen molar-refractivity contribution in [2.45, 2.75) is 33.8 Å². The van der Waals surface area contributed by atoms with Crippen molar-refractivity contribution >= 4 is 23.1 Å². The molecule has 1 aliphatic carbocycles. The van der Waals surface area contributed by atoms with Gasteiger partial charge in [0.25, 0.3) is 0 Å². The Labute approximate surface area is 157 Å². The highest BCUT2D eigenvalue weighted by Gasteiger charge is 2.36. The third kappa shape index (κ3) is 3.58. The number of methoxy groups -OCH3 is 2. The average Bonchev–Trinajstić information content (AvgIpc) is 2.59. The van der Waals surface area contributed by atoms with Gasteiger partial charge in [-0.15, -0.1) is 0 Å². The molecule has 144 valence electrons. The summed E-state index contributed by atoms with van der Waals surface area (Å²) in [6.07, 6.45) is -0.223. The SMILES string of the molecule is COC1=C(OC)C(=O)C(c2cc(C)c(OC(C)C)c(C(=O)O)c2)=C(C)C1=O. The molecule has 0 atom stereocenters. The van der Waals surface area contributed by atoms with E-state index >= 15 is 0 Å². The van der Waals surface area contributed by atoms with Crippen LogP contribution in [0.15, 0.2) is 29.2 Å². The largest absolute Gasteiger partial charge is 0.490 e. The Morgan fingerprint density at radius 1 is 1.00 bits per heavy atom. The zero-order valence-corrected chi connectivity index (χ0v) is 16.1. The standard InChI is InChI=1S/C20H22O7/c1-9(2)27-17-10(3)7-12(8-13(17)20(23)24)14-11(4)15(21)18(25-5)19(26-6)16(14)22/h7-9H,1-6H3,(H,23,24). The summed E-state index contributed by atoms with van der Waals surface area (Å²) in [4.78, 5) is 37.2. The lowest BCUT2D eigenvalue weighted by atomic mass is 9.86.